The maximum atomic E-state index is 12.3. The molecule has 0 unspecified atom stereocenters. The van der Waals surface area contributed by atoms with Gasteiger partial charge in [-0.1, -0.05) is 6.07 Å². The van der Waals surface area contributed by atoms with Gasteiger partial charge in [-0.2, -0.15) is 13.2 Å². The van der Waals surface area contributed by atoms with Crippen LogP contribution in [-0.4, -0.2) is 47.9 Å². The van der Waals surface area contributed by atoms with Gasteiger partial charge in [0.2, 0.25) is 0 Å². The second-order valence-corrected chi connectivity index (χ2v) is 3.81. The molecule has 0 bridgehead atoms. The van der Waals surface area contributed by atoms with Crippen molar-refractivity contribution in [2.75, 3.05) is 32.1 Å². The Bertz CT molecular complexity index is 371. The molecule has 4 nitrogen and oxygen atoms in total. The average Bonchev–Trinajstić information content (AvgIpc) is 2.27. The fourth-order valence-electron chi connectivity index (χ4n) is 1.54. The highest BCUT2D eigenvalue weighted by Gasteiger charge is 2.30. The molecule has 0 atom stereocenters. The van der Waals surface area contributed by atoms with Crippen LogP contribution in [-0.2, 0) is 6.54 Å². The molecular formula is C11H16F3N3O. The molecule has 0 aliphatic carbocycles. The second kappa shape index (κ2) is 6.55. The Labute approximate surface area is 103 Å². The van der Waals surface area contributed by atoms with Crippen LogP contribution >= 0.6 is 0 Å². The number of hydrogen-bond acceptors (Lipinski definition) is 4. The van der Waals surface area contributed by atoms with E-state index in [1.807, 2.05) is 0 Å². The summed E-state index contributed by atoms with van der Waals surface area (Å²) in [6.07, 6.45) is -4.28. The zero-order chi connectivity index (χ0) is 13.6. The monoisotopic (exact) mass is 263 g/mol. The minimum absolute atomic E-state index is 0.0367. The molecular weight excluding hydrogens is 247 g/mol. The number of aliphatic hydroxyl groups is 1. The Morgan fingerprint density at radius 3 is 2.67 bits per heavy atom. The molecule has 0 aliphatic heterocycles. The van der Waals surface area contributed by atoms with Gasteiger partial charge in [0.1, 0.15) is 5.82 Å². The third-order valence-corrected chi connectivity index (χ3v) is 2.27. The van der Waals surface area contributed by atoms with Gasteiger partial charge in [-0.05, 0) is 12.1 Å². The number of halogens is 3. The molecule has 0 saturated heterocycles. The van der Waals surface area contributed by atoms with E-state index < -0.39 is 12.7 Å². The number of anilines is 1. The van der Waals surface area contributed by atoms with Crippen LogP contribution < -0.4 is 5.32 Å². The number of rotatable bonds is 6. The number of nitrogens with one attached hydrogen (secondary N) is 1. The zero-order valence-electron chi connectivity index (χ0n) is 10.0. The molecule has 102 valence electrons. The Hall–Kier alpha value is -1.34. The van der Waals surface area contributed by atoms with Crippen molar-refractivity contribution in [1.29, 1.82) is 0 Å². The van der Waals surface area contributed by atoms with Gasteiger partial charge >= 0.3 is 6.18 Å². The maximum absolute atomic E-state index is 12.3. The van der Waals surface area contributed by atoms with Crippen LogP contribution in [0.3, 0.4) is 0 Å². The molecule has 0 saturated carbocycles. The topological polar surface area (TPSA) is 48.4 Å². The SMILES string of the molecule is CNc1cccc(CN(CCO)CC(F)(F)F)n1. The van der Waals surface area contributed by atoms with E-state index in [-0.39, 0.29) is 19.7 Å². The Morgan fingerprint density at radius 1 is 1.39 bits per heavy atom. The van der Waals surface area contributed by atoms with Crippen LogP contribution in [0.5, 0.6) is 0 Å². The van der Waals surface area contributed by atoms with Gasteiger partial charge in [-0.15, -0.1) is 0 Å². The molecule has 1 aromatic heterocycles. The van der Waals surface area contributed by atoms with Gasteiger partial charge in [-0.3, -0.25) is 4.90 Å². The minimum Gasteiger partial charge on any atom is -0.395 e. The molecule has 1 rings (SSSR count). The lowest BCUT2D eigenvalue weighted by molar-refractivity contribution is -0.148. The van der Waals surface area contributed by atoms with Crippen LogP contribution in [0.1, 0.15) is 5.69 Å². The van der Waals surface area contributed by atoms with Crippen LogP contribution in [0.25, 0.3) is 0 Å². The first-order chi connectivity index (χ1) is 8.44. The maximum Gasteiger partial charge on any atom is 0.401 e. The van der Waals surface area contributed by atoms with E-state index in [4.69, 9.17) is 5.11 Å². The van der Waals surface area contributed by atoms with Gasteiger partial charge in [0, 0.05) is 20.1 Å². The summed E-state index contributed by atoms with van der Waals surface area (Å²) in [5.41, 5.74) is 0.527. The molecule has 0 aliphatic rings. The third kappa shape index (κ3) is 5.33. The summed E-state index contributed by atoms with van der Waals surface area (Å²) >= 11 is 0. The van der Waals surface area contributed by atoms with E-state index in [0.717, 1.165) is 4.90 Å². The molecule has 1 aromatic rings. The highest BCUT2D eigenvalue weighted by Crippen LogP contribution is 2.17. The van der Waals surface area contributed by atoms with Crippen LogP contribution in [0, 0.1) is 0 Å². The molecule has 7 heteroatoms. The number of pyridine rings is 1. The molecule has 0 aromatic carbocycles. The van der Waals surface area contributed by atoms with E-state index in [1.54, 1.807) is 25.2 Å². The first-order valence-corrected chi connectivity index (χ1v) is 5.48. The van der Waals surface area contributed by atoms with Gasteiger partial charge in [0.15, 0.2) is 0 Å². The highest BCUT2D eigenvalue weighted by molar-refractivity contribution is 5.34. The largest absolute Gasteiger partial charge is 0.401 e. The zero-order valence-corrected chi connectivity index (χ0v) is 10.0. The summed E-state index contributed by atoms with van der Waals surface area (Å²) in [6.45, 7) is -1.36. The summed E-state index contributed by atoms with van der Waals surface area (Å²) in [6, 6.07) is 5.10. The van der Waals surface area contributed by atoms with E-state index in [2.05, 4.69) is 10.3 Å². The standard InChI is InChI=1S/C11H16F3N3O/c1-15-10-4-2-3-9(16-10)7-17(5-6-18)8-11(12,13)14/h2-4,18H,5-8H2,1H3,(H,15,16). The van der Waals surface area contributed by atoms with Crippen LogP contribution in [0.4, 0.5) is 19.0 Å². The lowest BCUT2D eigenvalue weighted by Crippen LogP contribution is -2.36. The van der Waals surface area contributed by atoms with Crippen molar-refractivity contribution in [3.05, 3.63) is 23.9 Å². The first-order valence-electron chi connectivity index (χ1n) is 5.48. The van der Waals surface area contributed by atoms with E-state index >= 15 is 0 Å². The quantitative estimate of drug-likeness (QED) is 0.816. The van der Waals surface area contributed by atoms with E-state index in [9.17, 15) is 13.2 Å². The lowest BCUT2D eigenvalue weighted by Gasteiger charge is -2.22. The predicted octanol–water partition coefficient (Wildman–Crippen LogP) is 1.48. The van der Waals surface area contributed by atoms with E-state index in [0.29, 0.717) is 11.5 Å². The van der Waals surface area contributed by atoms with Gasteiger partial charge in [0.25, 0.3) is 0 Å². The number of hydrogen-bond donors (Lipinski definition) is 2. The summed E-state index contributed by atoms with van der Waals surface area (Å²) < 4.78 is 37.0. The summed E-state index contributed by atoms with van der Waals surface area (Å²) in [7, 11) is 1.69. The van der Waals surface area contributed by atoms with Crippen molar-refractivity contribution >= 4 is 5.82 Å². The smallest absolute Gasteiger partial charge is 0.395 e. The van der Waals surface area contributed by atoms with Crippen molar-refractivity contribution in [1.82, 2.24) is 9.88 Å². The van der Waals surface area contributed by atoms with Gasteiger partial charge in [-0.25, -0.2) is 4.98 Å². The second-order valence-electron chi connectivity index (χ2n) is 3.81. The molecule has 0 fully saturated rings. The average molecular weight is 263 g/mol. The van der Waals surface area contributed by atoms with Crippen LogP contribution in [0.15, 0.2) is 18.2 Å². The van der Waals surface area contributed by atoms with Gasteiger partial charge in [0.05, 0.1) is 18.8 Å². The normalized spacial score (nSPS) is 11.9. The minimum atomic E-state index is -4.28. The predicted molar refractivity (Wildman–Crippen MR) is 62.2 cm³/mol. The number of aliphatic hydroxyl groups excluding tert-OH is 1. The fourth-order valence-corrected chi connectivity index (χ4v) is 1.54. The summed E-state index contributed by atoms with van der Waals surface area (Å²) in [5, 5.41) is 11.6. The summed E-state index contributed by atoms with van der Waals surface area (Å²) in [5.74, 6) is 0.600. The fraction of sp³-hybridized carbons (Fsp3) is 0.545. The molecule has 0 radical (unpaired) electrons. The Balaban J connectivity index is 2.69. The van der Waals surface area contributed by atoms with Crippen LogP contribution in [0.2, 0.25) is 0 Å². The van der Waals surface area contributed by atoms with Crippen molar-refractivity contribution in [2.24, 2.45) is 0 Å². The molecule has 1 heterocycles. The number of nitrogens with zero attached hydrogens (tertiary/aromatic N) is 2. The third-order valence-electron chi connectivity index (χ3n) is 2.27. The van der Waals surface area contributed by atoms with Crippen molar-refractivity contribution in [3.63, 3.8) is 0 Å². The highest BCUT2D eigenvalue weighted by atomic mass is 19.4. The van der Waals surface area contributed by atoms with Gasteiger partial charge < -0.3 is 10.4 Å². The van der Waals surface area contributed by atoms with Crippen molar-refractivity contribution < 1.29 is 18.3 Å². The molecule has 2 N–H and O–H groups in total. The first kappa shape index (κ1) is 14.7. The Morgan fingerprint density at radius 2 is 2.11 bits per heavy atom. The number of alkyl halides is 3. The summed E-state index contributed by atoms with van der Waals surface area (Å²) in [4.78, 5) is 5.25. The molecule has 18 heavy (non-hydrogen) atoms. The molecule has 0 spiro atoms. The van der Waals surface area contributed by atoms with Crippen molar-refractivity contribution in [3.8, 4) is 0 Å². The Kier molecular flexibility index (Phi) is 5.36. The van der Waals surface area contributed by atoms with E-state index in [1.165, 1.54) is 0 Å². The molecule has 0 amide bonds. The number of aromatic nitrogens is 1. The van der Waals surface area contributed by atoms with Crippen molar-refractivity contribution in [2.45, 2.75) is 12.7 Å². The lowest BCUT2D eigenvalue weighted by atomic mass is 10.3.